The van der Waals surface area contributed by atoms with Crippen LogP contribution in [0, 0.1) is 0 Å². The standard InChI is InChI=1S/C26H29N5O4/c1-6-8-17-34-21-14-10-9-12-19(21)24(32)31(25(33)35-26(3,4)5)22-15-11-13-20(28-22)23-29-27-18-30(23)16-7-2/h6-7,9-15,18H,1-2,8,16-17H2,3-5H3. The van der Waals surface area contributed by atoms with Crippen molar-refractivity contribution in [2.75, 3.05) is 11.5 Å². The summed E-state index contributed by atoms with van der Waals surface area (Å²) in [5.41, 5.74) is -0.208. The topological polar surface area (TPSA) is 99.4 Å². The van der Waals surface area contributed by atoms with Crippen LogP contribution in [0.25, 0.3) is 11.5 Å². The number of anilines is 1. The largest absolute Gasteiger partial charge is 0.492 e. The second-order valence-electron chi connectivity index (χ2n) is 8.52. The van der Waals surface area contributed by atoms with Gasteiger partial charge in [-0.15, -0.1) is 23.4 Å². The van der Waals surface area contributed by atoms with Gasteiger partial charge in [0.05, 0.1) is 12.2 Å². The third-order valence-electron chi connectivity index (χ3n) is 4.61. The summed E-state index contributed by atoms with van der Waals surface area (Å²) in [5.74, 6) is 0.257. The summed E-state index contributed by atoms with van der Waals surface area (Å²) < 4.78 is 13.1. The molecule has 0 aliphatic rings. The van der Waals surface area contributed by atoms with Gasteiger partial charge in [-0.25, -0.2) is 9.78 Å². The number of hydrogen-bond acceptors (Lipinski definition) is 7. The SMILES string of the molecule is C=CCCOc1ccccc1C(=O)N(C(=O)OC(C)(C)C)c1cccc(-c2nncn2CC=C)n1. The third kappa shape index (κ3) is 6.41. The number of carbonyl (C=O) groups is 2. The number of ether oxygens (including phenoxy) is 2. The Bertz CT molecular complexity index is 1210. The molecule has 0 bridgehead atoms. The molecule has 0 atom stereocenters. The van der Waals surface area contributed by atoms with E-state index in [2.05, 4.69) is 28.3 Å². The number of imide groups is 1. The summed E-state index contributed by atoms with van der Waals surface area (Å²) in [6.07, 6.45) is 4.72. The second-order valence-corrected chi connectivity index (χ2v) is 8.52. The van der Waals surface area contributed by atoms with E-state index in [9.17, 15) is 9.59 Å². The molecule has 2 aromatic heterocycles. The second kappa shape index (κ2) is 11.2. The zero-order valence-corrected chi connectivity index (χ0v) is 20.2. The Morgan fingerprint density at radius 1 is 1.09 bits per heavy atom. The number of rotatable bonds is 9. The van der Waals surface area contributed by atoms with E-state index in [0.717, 1.165) is 4.90 Å². The van der Waals surface area contributed by atoms with E-state index < -0.39 is 17.6 Å². The summed E-state index contributed by atoms with van der Waals surface area (Å²) in [6.45, 7) is 13.4. The number of allylic oxidation sites excluding steroid dienone is 1. The number of hydrogen-bond donors (Lipinski definition) is 0. The summed E-state index contributed by atoms with van der Waals surface area (Å²) >= 11 is 0. The maximum Gasteiger partial charge on any atom is 0.423 e. The van der Waals surface area contributed by atoms with E-state index in [4.69, 9.17) is 9.47 Å². The fraction of sp³-hybridized carbons (Fsp3) is 0.269. The smallest absolute Gasteiger partial charge is 0.423 e. The average Bonchev–Trinajstić information content (AvgIpc) is 3.27. The quantitative estimate of drug-likeness (QED) is 0.315. The van der Waals surface area contributed by atoms with Crippen molar-refractivity contribution in [3.8, 4) is 17.3 Å². The van der Waals surface area contributed by atoms with Crippen LogP contribution in [0.1, 0.15) is 37.6 Å². The van der Waals surface area contributed by atoms with Crippen molar-refractivity contribution >= 4 is 17.8 Å². The fourth-order valence-electron chi connectivity index (χ4n) is 3.13. The Kier molecular flexibility index (Phi) is 8.14. The molecule has 0 radical (unpaired) electrons. The predicted molar refractivity (Wildman–Crippen MR) is 133 cm³/mol. The van der Waals surface area contributed by atoms with Crippen LogP contribution < -0.4 is 9.64 Å². The van der Waals surface area contributed by atoms with Gasteiger partial charge in [0.2, 0.25) is 0 Å². The van der Waals surface area contributed by atoms with E-state index in [0.29, 0.717) is 36.8 Å². The highest BCUT2D eigenvalue weighted by Gasteiger charge is 2.32. The van der Waals surface area contributed by atoms with Gasteiger partial charge in [0.15, 0.2) is 5.82 Å². The van der Waals surface area contributed by atoms with Gasteiger partial charge in [0, 0.05) is 6.54 Å². The lowest BCUT2D eigenvalue weighted by Crippen LogP contribution is -2.41. The molecule has 182 valence electrons. The normalized spacial score (nSPS) is 10.9. The Balaban J connectivity index is 2.06. The van der Waals surface area contributed by atoms with Crippen molar-refractivity contribution in [1.29, 1.82) is 0 Å². The van der Waals surface area contributed by atoms with E-state index in [1.165, 1.54) is 0 Å². The van der Waals surface area contributed by atoms with Crippen molar-refractivity contribution in [2.45, 2.75) is 39.3 Å². The van der Waals surface area contributed by atoms with Crippen LogP contribution >= 0.6 is 0 Å². The van der Waals surface area contributed by atoms with Crippen LogP contribution in [0.4, 0.5) is 10.6 Å². The van der Waals surface area contributed by atoms with Gasteiger partial charge in [-0.2, -0.15) is 4.90 Å². The molecule has 9 nitrogen and oxygen atoms in total. The lowest BCUT2D eigenvalue weighted by molar-refractivity contribution is 0.0562. The number of aromatic nitrogens is 4. The average molecular weight is 476 g/mol. The van der Waals surface area contributed by atoms with Crippen molar-refractivity contribution in [3.63, 3.8) is 0 Å². The van der Waals surface area contributed by atoms with E-state index in [1.807, 2.05) is 0 Å². The lowest BCUT2D eigenvalue weighted by atomic mass is 10.1. The molecule has 35 heavy (non-hydrogen) atoms. The van der Waals surface area contributed by atoms with Crippen LogP contribution in [-0.2, 0) is 11.3 Å². The number of amides is 2. The fourth-order valence-corrected chi connectivity index (χ4v) is 3.13. The summed E-state index contributed by atoms with van der Waals surface area (Å²) in [7, 11) is 0. The Hall–Kier alpha value is -4.27. The maximum absolute atomic E-state index is 13.7. The molecule has 0 saturated heterocycles. The van der Waals surface area contributed by atoms with Crippen molar-refractivity contribution in [2.24, 2.45) is 0 Å². The highest BCUT2D eigenvalue weighted by molar-refractivity contribution is 6.19. The van der Waals surface area contributed by atoms with Gasteiger partial charge >= 0.3 is 6.09 Å². The van der Waals surface area contributed by atoms with Crippen LogP contribution in [0.5, 0.6) is 5.75 Å². The predicted octanol–water partition coefficient (Wildman–Crippen LogP) is 5.06. The molecular weight excluding hydrogens is 446 g/mol. The monoisotopic (exact) mass is 475 g/mol. The van der Waals surface area contributed by atoms with Gasteiger partial charge < -0.3 is 14.0 Å². The maximum atomic E-state index is 13.7. The molecule has 2 amide bonds. The van der Waals surface area contributed by atoms with Crippen LogP contribution in [0.15, 0.2) is 74.1 Å². The number of nitrogens with zero attached hydrogens (tertiary/aromatic N) is 5. The Morgan fingerprint density at radius 3 is 2.57 bits per heavy atom. The van der Waals surface area contributed by atoms with Crippen LogP contribution in [0.2, 0.25) is 0 Å². The van der Waals surface area contributed by atoms with E-state index >= 15 is 0 Å². The molecule has 0 fully saturated rings. The number of pyridine rings is 1. The first-order valence-electron chi connectivity index (χ1n) is 11.1. The molecule has 2 heterocycles. The van der Waals surface area contributed by atoms with Crippen molar-refractivity contribution in [3.05, 3.63) is 79.7 Å². The van der Waals surface area contributed by atoms with E-state index in [-0.39, 0.29) is 11.4 Å². The summed E-state index contributed by atoms with van der Waals surface area (Å²) in [6, 6.07) is 11.7. The zero-order chi connectivity index (χ0) is 25.4. The summed E-state index contributed by atoms with van der Waals surface area (Å²) in [4.78, 5) is 32.4. The molecule has 0 spiro atoms. The molecule has 0 aliphatic carbocycles. The van der Waals surface area contributed by atoms with Crippen LogP contribution in [-0.4, -0.2) is 44.0 Å². The zero-order valence-electron chi connectivity index (χ0n) is 20.2. The van der Waals surface area contributed by atoms with Gasteiger partial charge in [-0.1, -0.05) is 30.4 Å². The molecular formula is C26H29N5O4. The van der Waals surface area contributed by atoms with Gasteiger partial charge in [-0.05, 0) is 51.5 Å². The Morgan fingerprint density at radius 2 is 1.86 bits per heavy atom. The van der Waals surface area contributed by atoms with Gasteiger partial charge in [0.25, 0.3) is 5.91 Å². The first kappa shape index (κ1) is 25.4. The van der Waals surface area contributed by atoms with Crippen molar-refractivity contribution < 1.29 is 19.1 Å². The van der Waals surface area contributed by atoms with Crippen molar-refractivity contribution in [1.82, 2.24) is 19.7 Å². The number of benzene rings is 1. The molecule has 0 saturated carbocycles. The molecule has 3 rings (SSSR count). The molecule has 0 unspecified atom stereocenters. The minimum Gasteiger partial charge on any atom is -0.492 e. The minimum atomic E-state index is -0.861. The van der Waals surface area contributed by atoms with E-state index in [1.54, 1.807) is 86.3 Å². The lowest BCUT2D eigenvalue weighted by Gasteiger charge is -2.26. The summed E-state index contributed by atoms with van der Waals surface area (Å²) in [5, 5.41) is 8.06. The Labute approximate surface area is 204 Å². The molecule has 1 aromatic carbocycles. The van der Waals surface area contributed by atoms with Gasteiger partial charge in [0.1, 0.15) is 29.2 Å². The first-order valence-corrected chi connectivity index (χ1v) is 11.1. The molecule has 0 N–H and O–H groups in total. The number of carbonyl (C=O) groups excluding carboxylic acids is 2. The molecule has 0 aliphatic heterocycles. The van der Waals surface area contributed by atoms with Gasteiger partial charge in [-0.3, -0.25) is 4.79 Å². The molecule has 3 aromatic rings. The van der Waals surface area contributed by atoms with Crippen LogP contribution in [0.3, 0.4) is 0 Å². The number of para-hydroxylation sites is 1. The first-order chi connectivity index (χ1) is 16.7. The highest BCUT2D eigenvalue weighted by Crippen LogP contribution is 2.26. The highest BCUT2D eigenvalue weighted by atomic mass is 16.6. The minimum absolute atomic E-state index is 0.0794. The molecule has 9 heteroatoms. The third-order valence-corrected chi connectivity index (χ3v) is 4.61.